The number of fused-ring (bicyclic) bond motifs is 1. The summed E-state index contributed by atoms with van der Waals surface area (Å²) in [5.41, 5.74) is 0.602. The number of hydrogen-bond acceptors (Lipinski definition) is 7. The lowest BCUT2D eigenvalue weighted by Gasteiger charge is -2.33. The number of aryl methyl sites for hydroxylation is 2. The lowest BCUT2D eigenvalue weighted by atomic mass is 10.2. The largest absolute Gasteiger partial charge is 0.491 e. The molecule has 0 radical (unpaired) electrons. The van der Waals surface area contributed by atoms with Gasteiger partial charge in [-0.2, -0.15) is 4.98 Å². The highest BCUT2D eigenvalue weighted by molar-refractivity contribution is 5.74. The highest BCUT2D eigenvalue weighted by Gasteiger charge is 2.25. The maximum atomic E-state index is 12.6. The highest BCUT2D eigenvalue weighted by Crippen LogP contribution is 2.21. The van der Waals surface area contributed by atoms with Gasteiger partial charge in [-0.1, -0.05) is 12.1 Å². The molecular formula is C21H28N6O4. The molecular weight excluding hydrogens is 400 g/mol. The van der Waals surface area contributed by atoms with Gasteiger partial charge in [-0.15, -0.1) is 0 Å². The summed E-state index contributed by atoms with van der Waals surface area (Å²) in [5.74, 6) is 1.25. The number of rotatable bonds is 6. The van der Waals surface area contributed by atoms with E-state index in [1.807, 2.05) is 31.2 Å². The molecule has 0 bridgehead atoms. The third-order valence-electron chi connectivity index (χ3n) is 5.60. The van der Waals surface area contributed by atoms with E-state index in [1.54, 1.807) is 11.6 Å². The minimum absolute atomic E-state index is 0.0645. The summed E-state index contributed by atoms with van der Waals surface area (Å²) >= 11 is 0. The monoisotopic (exact) mass is 428 g/mol. The van der Waals surface area contributed by atoms with Crippen molar-refractivity contribution in [3.05, 3.63) is 50.7 Å². The second kappa shape index (κ2) is 8.56. The van der Waals surface area contributed by atoms with Crippen molar-refractivity contribution in [1.29, 1.82) is 0 Å². The molecule has 1 saturated heterocycles. The number of imidazole rings is 1. The van der Waals surface area contributed by atoms with Gasteiger partial charge in [0.05, 0.1) is 6.54 Å². The molecule has 166 valence electrons. The number of nitrogens with zero attached hydrogens (tertiary/aromatic N) is 5. The topological polar surface area (TPSA) is 109 Å². The zero-order chi connectivity index (χ0) is 22.1. The summed E-state index contributed by atoms with van der Waals surface area (Å²) in [7, 11) is 3.63. The summed E-state index contributed by atoms with van der Waals surface area (Å²) in [5, 5.41) is 10.7. The van der Waals surface area contributed by atoms with Crippen molar-refractivity contribution in [2.24, 2.45) is 7.05 Å². The molecule has 3 aromatic rings. The maximum absolute atomic E-state index is 12.6. The molecule has 10 nitrogen and oxygen atoms in total. The first kappa shape index (κ1) is 21.1. The SMILES string of the molecule is Cc1cccc(OCC(O)Cn2c(N3CCN(C)CC3)nc3c2c(=O)[nH]c(=O)n3C)c1. The summed E-state index contributed by atoms with van der Waals surface area (Å²) in [6.45, 7) is 5.35. The van der Waals surface area contributed by atoms with Crippen LogP contribution in [0.3, 0.4) is 0 Å². The first-order valence-corrected chi connectivity index (χ1v) is 10.3. The molecule has 1 aliphatic heterocycles. The second-order valence-electron chi connectivity index (χ2n) is 8.08. The Labute approximate surface area is 179 Å². The van der Waals surface area contributed by atoms with Gasteiger partial charge in [0.25, 0.3) is 5.56 Å². The summed E-state index contributed by atoms with van der Waals surface area (Å²) in [6, 6.07) is 7.60. The number of likely N-dealkylation sites (N-methyl/N-ethyl adjacent to an activating group) is 1. The Morgan fingerprint density at radius 2 is 1.94 bits per heavy atom. The number of anilines is 1. The second-order valence-corrected chi connectivity index (χ2v) is 8.08. The van der Waals surface area contributed by atoms with Crippen LogP contribution in [0.4, 0.5) is 5.95 Å². The highest BCUT2D eigenvalue weighted by atomic mass is 16.5. The van der Waals surface area contributed by atoms with Crippen LogP contribution in [-0.4, -0.2) is 75.0 Å². The van der Waals surface area contributed by atoms with E-state index in [1.165, 1.54) is 4.57 Å². The molecule has 0 spiro atoms. The molecule has 1 unspecified atom stereocenters. The van der Waals surface area contributed by atoms with E-state index >= 15 is 0 Å². The predicted octanol–water partition coefficient (Wildman–Crippen LogP) is -0.0766. The smallest absolute Gasteiger partial charge is 0.329 e. The number of aliphatic hydroxyl groups is 1. The number of H-pyrrole nitrogens is 1. The molecule has 4 rings (SSSR count). The molecule has 2 aromatic heterocycles. The van der Waals surface area contributed by atoms with Gasteiger partial charge < -0.3 is 24.2 Å². The van der Waals surface area contributed by atoms with Crippen LogP contribution in [0.1, 0.15) is 5.56 Å². The van der Waals surface area contributed by atoms with E-state index in [2.05, 4.69) is 26.8 Å². The predicted molar refractivity (Wildman–Crippen MR) is 118 cm³/mol. The number of benzene rings is 1. The van der Waals surface area contributed by atoms with Crippen molar-refractivity contribution in [3.8, 4) is 5.75 Å². The van der Waals surface area contributed by atoms with E-state index in [0.717, 1.165) is 31.7 Å². The number of hydrogen-bond donors (Lipinski definition) is 2. The summed E-state index contributed by atoms with van der Waals surface area (Å²) in [4.78, 5) is 36.0. The van der Waals surface area contributed by atoms with Crippen LogP contribution in [-0.2, 0) is 13.6 Å². The van der Waals surface area contributed by atoms with Gasteiger partial charge in [0, 0.05) is 33.2 Å². The Kier molecular flexibility index (Phi) is 5.84. The van der Waals surface area contributed by atoms with E-state index in [4.69, 9.17) is 4.74 Å². The number of piperazine rings is 1. The Hall–Kier alpha value is -3.11. The number of ether oxygens (including phenoxy) is 1. The van der Waals surface area contributed by atoms with Gasteiger partial charge >= 0.3 is 5.69 Å². The molecule has 3 heterocycles. The van der Waals surface area contributed by atoms with Gasteiger partial charge in [0.1, 0.15) is 18.5 Å². The fraction of sp³-hybridized carbons (Fsp3) is 0.476. The first-order valence-electron chi connectivity index (χ1n) is 10.3. The molecule has 2 N–H and O–H groups in total. The number of nitrogens with one attached hydrogen (secondary N) is 1. The van der Waals surface area contributed by atoms with E-state index in [9.17, 15) is 14.7 Å². The van der Waals surface area contributed by atoms with Crippen molar-refractivity contribution < 1.29 is 9.84 Å². The molecule has 0 saturated carbocycles. The van der Waals surface area contributed by atoms with Gasteiger partial charge in [-0.05, 0) is 31.7 Å². The fourth-order valence-electron chi connectivity index (χ4n) is 3.80. The molecule has 1 fully saturated rings. The van der Waals surface area contributed by atoms with Crippen molar-refractivity contribution in [3.63, 3.8) is 0 Å². The van der Waals surface area contributed by atoms with Crippen LogP contribution in [0.5, 0.6) is 5.75 Å². The Morgan fingerprint density at radius 3 is 2.65 bits per heavy atom. The van der Waals surface area contributed by atoms with Crippen LogP contribution in [0, 0.1) is 6.92 Å². The number of aromatic amines is 1. The minimum atomic E-state index is -0.874. The molecule has 31 heavy (non-hydrogen) atoms. The molecule has 1 atom stereocenters. The molecule has 1 aromatic carbocycles. The first-order chi connectivity index (χ1) is 14.8. The normalized spacial score (nSPS) is 16.1. The fourth-order valence-corrected chi connectivity index (χ4v) is 3.80. The van der Waals surface area contributed by atoms with E-state index in [0.29, 0.717) is 17.3 Å². The van der Waals surface area contributed by atoms with E-state index in [-0.39, 0.29) is 18.7 Å². The van der Waals surface area contributed by atoms with Crippen LogP contribution in [0.2, 0.25) is 0 Å². The molecule has 1 aliphatic rings. The Balaban J connectivity index is 1.65. The third-order valence-corrected chi connectivity index (χ3v) is 5.60. The lowest BCUT2D eigenvalue weighted by molar-refractivity contribution is 0.0935. The van der Waals surface area contributed by atoms with E-state index < -0.39 is 17.4 Å². The standard InChI is InChI=1S/C21H28N6O4/c1-14-5-4-6-16(11-14)31-13-15(28)12-27-17-18(25(3)21(30)23-19(17)29)22-20(27)26-9-7-24(2)8-10-26/h4-6,11,15,28H,7-10,12-13H2,1-3H3,(H,23,29,30). The van der Waals surface area contributed by atoms with Crippen LogP contribution in [0.25, 0.3) is 11.2 Å². The van der Waals surface area contributed by atoms with Crippen molar-refractivity contribution in [1.82, 2.24) is 24.0 Å². The molecule has 10 heteroatoms. The van der Waals surface area contributed by atoms with Gasteiger partial charge in [0.15, 0.2) is 11.2 Å². The van der Waals surface area contributed by atoms with Crippen molar-refractivity contribution in [2.45, 2.75) is 19.6 Å². The van der Waals surface area contributed by atoms with Crippen molar-refractivity contribution >= 4 is 17.1 Å². The quantitative estimate of drug-likeness (QED) is 0.565. The number of aliphatic hydroxyl groups excluding tert-OH is 1. The minimum Gasteiger partial charge on any atom is -0.491 e. The maximum Gasteiger partial charge on any atom is 0.329 e. The van der Waals surface area contributed by atoms with Crippen LogP contribution >= 0.6 is 0 Å². The average molecular weight is 428 g/mol. The Morgan fingerprint density at radius 1 is 1.19 bits per heavy atom. The zero-order valence-corrected chi connectivity index (χ0v) is 18.0. The Bertz CT molecular complexity index is 1190. The third kappa shape index (κ3) is 4.35. The van der Waals surface area contributed by atoms with Gasteiger partial charge in [0.2, 0.25) is 5.95 Å². The lowest BCUT2D eigenvalue weighted by Crippen LogP contribution is -2.45. The zero-order valence-electron chi connectivity index (χ0n) is 18.0. The van der Waals surface area contributed by atoms with Gasteiger partial charge in [-0.25, -0.2) is 4.79 Å². The van der Waals surface area contributed by atoms with Crippen LogP contribution in [0.15, 0.2) is 33.9 Å². The van der Waals surface area contributed by atoms with Crippen LogP contribution < -0.4 is 20.9 Å². The van der Waals surface area contributed by atoms with Crippen molar-refractivity contribution in [2.75, 3.05) is 44.7 Å². The average Bonchev–Trinajstić information content (AvgIpc) is 3.11. The summed E-state index contributed by atoms with van der Waals surface area (Å²) in [6.07, 6.45) is -0.874. The van der Waals surface area contributed by atoms with Gasteiger partial charge in [-0.3, -0.25) is 14.3 Å². The summed E-state index contributed by atoms with van der Waals surface area (Å²) < 4.78 is 8.76. The molecule has 0 amide bonds. The molecule has 0 aliphatic carbocycles. The number of aromatic nitrogens is 4.